The van der Waals surface area contributed by atoms with Crippen molar-refractivity contribution in [2.24, 2.45) is 0 Å². The van der Waals surface area contributed by atoms with Crippen LogP contribution < -0.4 is 15.0 Å². The number of anilines is 1. The third-order valence-electron chi connectivity index (χ3n) is 5.28. The molecule has 2 aliphatic rings. The van der Waals surface area contributed by atoms with Crippen molar-refractivity contribution in [1.29, 1.82) is 0 Å². The number of hydrogen-bond acceptors (Lipinski definition) is 3. The number of carbonyl (C=O) groups is 1. The number of ether oxygens (including phenoxy) is 1. The van der Waals surface area contributed by atoms with E-state index in [0.717, 1.165) is 0 Å². The molecule has 1 N–H and O–H groups in total. The van der Waals surface area contributed by atoms with E-state index >= 15 is 0 Å². The zero-order chi connectivity index (χ0) is 18.6. The van der Waals surface area contributed by atoms with Gasteiger partial charge in [0, 0.05) is 12.1 Å². The van der Waals surface area contributed by atoms with Crippen molar-refractivity contribution in [2.45, 2.75) is 31.4 Å². The molecule has 26 heavy (non-hydrogen) atoms. The topological polar surface area (TPSA) is 41.6 Å². The van der Waals surface area contributed by atoms with Crippen molar-refractivity contribution < 1.29 is 18.3 Å². The van der Waals surface area contributed by atoms with Crippen molar-refractivity contribution in [2.75, 3.05) is 18.5 Å². The normalized spacial score (nSPS) is 23.0. The fraction of sp³-hybridized carbons (Fsp3) is 0.350. The molecule has 1 amide bonds. The van der Waals surface area contributed by atoms with Gasteiger partial charge in [-0.15, -0.1) is 0 Å². The summed E-state index contributed by atoms with van der Waals surface area (Å²) in [6.07, 6.45) is -0.516. The van der Waals surface area contributed by atoms with Crippen LogP contribution in [-0.2, 0) is 10.2 Å². The van der Waals surface area contributed by atoms with E-state index < -0.39 is 29.2 Å². The number of halogens is 2. The quantitative estimate of drug-likeness (QED) is 0.915. The molecule has 0 radical (unpaired) electrons. The van der Waals surface area contributed by atoms with Crippen molar-refractivity contribution in [1.82, 2.24) is 5.32 Å². The number of nitrogens with one attached hydrogen (secondary N) is 1. The summed E-state index contributed by atoms with van der Waals surface area (Å²) in [7, 11) is 1.75. The number of hydrogen-bond donors (Lipinski definition) is 1. The smallest absolute Gasteiger partial charge is 0.237 e. The van der Waals surface area contributed by atoms with E-state index in [1.54, 1.807) is 45.2 Å². The van der Waals surface area contributed by atoms with Crippen molar-refractivity contribution in [3.63, 3.8) is 0 Å². The van der Waals surface area contributed by atoms with Gasteiger partial charge in [-0.1, -0.05) is 24.3 Å². The number of rotatable bonds is 3. The third-order valence-corrected chi connectivity index (χ3v) is 5.28. The molecule has 2 aromatic carbocycles. The fourth-order valence-corrected chi connectivity index (χ4v) is 4.01. The van der Waals surface area contributed by atoms with Gasteiger partial charge < -0.3 is 10.1 Å². The van der Waals surface area contributed by atoms with Crippen LogP contribution in [0.2, 0.25) is 0 Å². The van der Waals surface area contributed by atoms with Gasteiger partial charge in [0.05, 0.1) is 11.1 Å². The molecule has 2 heterocycles. The molecule has 0 bridgehead atoms. The Morgan fingerprint density at radius 2 is 1.85 bits per heavy atom. The van der Waals surface area contributed by atoms with Gasteiger partial charge in [0.1, 0.15) is 18.0 Å². The molecule has 2 aliphatic heterocycles. The Kier molecular flexibility index (Phi) is 3.77. The molecule has 0 fully saturated rings. The molecule has 136 valence electrons. The predicted octanol–water partition coefficient (Wildman–Crippen LogP) is 3.31. The van der Waals surface area contributed by atoms with Gasteiger partial charge in [-0.3, -0.25) is 9.69 Å². The Morgan fingerprint density at radius 3 is 2.58 bits per heavy atom. The van der Waals surface area contributed by atoms with E-state index in [2.05, 4.69) is 5.32 Å². The predicted molar refractivity (Wildman–Crippen MR) is 94.4 cm³/mol. The van der Waals surface area contributed by atoms with Gasteiger partial charge in [-0.05, 0) is 38.6 Å². The first-order valence-electron chi connectivity index (χ1n) is 8.60. The summed E-state index contributed by atoms with van der Waals surface area (Å²) < 4.78 is 34.8. The van der Waals surface area contributed by atoms with Crippen LogP contribution in [0.3, 0.4) is 0 Å². The van der Waals surface area contributed by atoms with Gasteiger partial charge in [-0.2, -0.15) is 0 Å². The first-order chi connectivity index (χ1) is 12.4. The van der Waals surface area contributed by atoms with Crippen LogP contribution in [0.4, 0.5) is 14.5 Å². The number of likely N-dealkylation sites (N-methyl/N-ethyl adjacent to an activating group) is 1. The second-order valence-electron chi connectivity index (χ2n) is 7.25. The summed E-state index contributed by atoms with van der Waals surface area (Å²) >= 11 is 0. The minimum absolute atomic E-state index is 0.133. The van der Waals surface area contributed by atoms with Crippen LogP contribution in [0, 0.1) is 11.6 Å². The molecule has 0 aromatic heterocycles. The average Bonchev–Trinajstić information content (AvgIpc) is 3.05. The summed E-state index contributed by atoms with van der Waals surface area (Å²) in [6.45, 7) is 3.96. The lowest BCUT2D eigenvalue weighted by Gasteiger charge is -2.30. The summed E-state index contributed by atoms with van der Waals surface area (Å²) in [5.41, 5.74) is 0.591. The Morgan fingerprint density at radius 1 is 1.15 bits per heavy atom. The van der Waals surface area contributed by atoms with Crippen molar-refractivity contribution in [3.05, 3.63) is 59.2 Å². The van der Waals surface area contributed by atoms with Gasteiger partial charge in [0.15, 0.2) is 11.6 Å². The molecule has 2 atom stereocenters. The lowest BCUT2D eigenvalue weighted by atomic mass is 9.86. The largest absolute Gasteiger partial charge is 0.483 e. The first-order valence-corrected chi connectivity index (χ1v) is 8.60. The Hall–Kier alpha value is -2.47. The highest BCUT2D eigenvalue weighted by molar-refractivity contribution is 6.08. The standard InChI is InChI=1S/C20H20F2N2O2/c1-20(2)12-7-5-8-13(21)17(12)24(19(20)25)16-11-6-4-9-14(22)18(11)26-15(16)10-23-3/h4-9,15-16,23H,10H2,1-3H3/t15-,16+/m0/s1. The van der Waals surface area contributed by atoms with E-state index in [4.69, 9.17) is 4.74 Å². The van der Waals surface area contributed by atoms with E-state index in [-0.39, 0.29) is 17.3 Å². The molecule has 0 unspecified atom stereocenters. The Labute approximate surface area is 150 Å². The van der Waals surface area contributed by atoms with Gasteiger partial charge >= 0.3 is 0 Å². The molecule has 0 spiro atoms. The lowest BCUT2D eigenvalue weighted by Crippen LogP contribution is -2.45. The Balaban J connectivity index is 1.92. The minimum atomic E-state index is -0.863. The van der Waals surface area contributed by atoms with Crippen molar-refractivity contribution >= 4 is 11.6 Å². The number of nitrogens with zero attached hydrogens (tertiary/aromatic N) is 1. The number of benzene rings is 2. The molecular formula is C20H20F2N2O2. The molecule has 6 heteroatoms. The number of fused-ring (bicyclic) bond motifs is 2. The molecule has 4 nitrogen and oxygen atoms in total. The highest BCUT2D eigenvalue weighted by Crippen LogP contribution is 2.51. The molecule has 2 aromatic rings. The van der Waals surface area contributed by atoms with Gasteiger partial charge in [-0.25, -0.2) is 8.78 Å². The van der Waals surface area contributed by atoms with Crippen LogP contribution in [-0.4, -0.2) is 25.6 Å². The number of carbonyl (C=O) groups excluding carboxylic acids is 1. The zero-order valence-corrected chi connectivity index (χ0v) is 14.8. The molecule has 0 saturated heterocycles. The van der Waals surface area contributed by atoms with Crippen LogP contribution >= 0.6 is 0 Å². The molecule has 0 aliphatic carbocycles. The maximum atomic E-state index is 14.8. The summed E-state index contributed by atoms with van der Waals surface area (Å²) in [6, 6.07) is 8.76. The van der Waals surface area contributed by atoms with Crippen molar-refractivity contribution in [3.8, 4) is 5.75 Å². The van der Waals surface area contributed by atoms with Crippen LogP contribution in [0.5, 0.6) is 5.75 Å². The number of para-hydroxylation sites is 2. The van der Waals surface area contributed by atoms with E-state index in [1.807, 2.05) is 0 Å². The summed E-state index contributed by atoms with van der Waals surface area (Å²) in [5, 5.41) is 3.01. The highest BCUT2D eigenvalue weighted by Gasteiger charge is 2.52. The Bertz CT molecular complexity index is 897. The van der Waals surface area contributed by atoms with E-state index in [9.17, 15) is 13.6 Å². The van der Waals surface area contributed by atoms with E-state index in [1.165, 1.54) is 17.0 Å². The second kappa shape index (κ2) is 5.77. The molecular weight excluding hydrogens is 338 g/mol. The van der Waals surface area contributed by atoms with Gasteiger partial charge in [0.2, 0.25) is 5.91 Å². The third kappa shape index (κ3) is 2.18. The van der Waals surface area contributed by atoms with Crippen LogP contribution in [0.1, 0.15) is 31.0 Å². The lowest BCUT2D eigenvalue weighted by molar-refractivity contribution is -0.122. The maximum absolute atomic E-state index is 14.8. The maximum Gasteiger partial charge on any atom is 0.237 e. The zero-order valence-electron chi connectivity index (χ0n) is 14.8. The summed E-state index contributed by atoms with van der Waals surface area (Å²) in [4.78, 5) is 14.7. The average molecular weight is 358 g/mol. The highest BCUT2D eigenvalue weighted by atomic mass is 19.1. The molecule has 4 rings (SSSR count). The van der Waals surface area contributed by atoms with E-state index in [0.29, 0.717) is 17.7 Å². The van der Waals surface area contributed by atoms with Gasteiger partial charge in [0.25, 0.3) is 0 Å². The number of amides is 1. The summed E-state index contributed by atoms with van der Waals surface area (Å²) in [5.74, 6) is -1.03. The monoisotopic (exact) mass is 358 g/mol. The first kappa shape index (κ1) is 17.0. The minimum Gasteiger partial charge on any atom is -0.483 e. The van der Waals surface area contributed by atoms with Crippen LogP contribution in [0.25, 0.3) is 0 Å². The van der Waals surface area contributed by atoms with Crippen LogP contribution in [0.15, 0.2) is 36.4 Å². The fourth-order valence-electron chi connectivity index (χ4n) is 4.01. The molecule has 0 saturated carbocycles. The second-order valence-corrected chi connectivity index (χ2v) is 7.25. The SMILES string of the molecule is CNC[C@@H]1Oc2c(F)cccc2[C@H]1N1C(=O)C(C)(C)c2cccc(F)c21.